The Kier molecular flexibility index (Phi) is 6.76. The standard InChI is InChI=1S/C50H31NOS/c1-2-11-32(12-3-1)36-27-37(35-24-26-43-42-16-7-9-20-48(42)53-49(43)30-35)29-39(28-36)51(46-18-10-17-44-41-15-6-8-19-47(41)52-50(44)46)38-25-23-34-22-21-33-13-4-5-14-40(33)45(34)31-38/h1-31H. The molecule has 3 heteroatoms. The number of anilines is 3. The van der Waals surface area contributed by atoms with Crippen molar-refractivity contribution >= 4 is 92.1 Å². The molecule has 0 unspecified atom stereocenters. The van der Waals surface area contributed by atoms with Gasteiger partial charge in [-0.05, 0) is 98.4 Å². The van der Waals surface area contributed by atoms with E-state index in [2.05, 4.69) is 187 Å². The summed E-state index contributed by atoms with van der Waals surface area (Å²) in [6.07, 6.45) is 0. The highest BCUT2D eigenvalue weighted by molar-refractivity contribution is 7.25. The molecule has 11 rings (SSSR count). The molecule has 0 amide bonds. The lowest BCUT2D eigenvalue weighted by atomic mass is 9.96. The van der Waals surface area contributed by atoms with Crippen LogP contribution in [0.3, 0.4) is 0 Å². The van der Waals surface area contributed by atoms with Gasteiger partial charge in [-0.2, -0.15) is 0 Å². The minimum atomic E-state index is 0.866. The molecule has 11 aromatic rings. The molecule has 0 spiro atoms. The van der Waals surface area contributed by atoms with Gasteiger partial charge in [-0.1, -0.05) is 133 Å². The van der Waals surface area contributed by atoms with Crippen LogP contribution in [0.15, 0.2) is 192 Å². The van der Waals surface area contributed by atoms with Crippen molar-refractivity contribution in [3.05, 3.63) is 188 Å². The second-order valence-corrected chi connectivity index (χ2v) is 14.8. The molecule has 0 N–H and O–H groups in total. The van der Waals surface area contributed by atoms with E-state index in [4.69, 9.17) is 4.42 Å². The van der Waals surface area contributed by atoms with Crippen LogP contribution in [-0.4, -0.2) is 0 Å². The predicted molar refractivity (Wildman–Crippen MR) is 227 cm³/mol. The topological polar surface area (TPSA) is 16.4 Å². The average Bonchev–Trinajstić information content (AvgIpc) is 3.80. The molecule has 2 heterocycles. The first-order valence-electron chi connectivity index (χ1n) is 18.0. The summed E-state index contributed by atoms with van der Waals surface area (Å²) in [6.45, 7) is 0. The minimum Gasteiger partial charge on any atom is -0.454 e. The van der Waals surface area contributed by atoms with Gasteiger partial charge in [0.2, 0.25) is 0 Å². The molecule has 0 saturated carbocycles. The Labute approximate surface area is 310 Å². The van der Waals surface area contributed by atoms with E-state index in [0.717, 1.165) is 50.1 Å². The highest BCUT2D eigenvalue weighted by atomic mass is 32.1. The normalized spacial score (nSPS) is 11.8. The van der Waals surface area contributed by atoms with Gasteiger partial charge in [-0.15, -0.1) is 11.3 Å². The molecular formula is C50H31NOS. The van der Waals surface area contributed by atoms with Gasteiger partial charge < -0.3 is 9.32 Å². The molecule has 0 radical (unpaired) electrons. The molecule has 0 bridgehead atoms. The first-order valence-corrected chi connectivity index (χ1v) is 18.8. The molecule has 2 nitrogen and oxygen atoms in total. The van der Waals surface area contributed by atoms with E-state index in [0.29, 0.717) is 0 Å². The van der Waals surface area contributed by atoms with Crippen LogP contribution in [0.5, 0.6) is 0 Å². The monoisotopic (exact) mass is 693 g/mol. The van der Waals surface area contributed by atoms with Gasteiger partial charge in [-0.3, -0.25) is 0 Å². The number of rotatable bonds is 5. The summed E-state index contributed by atoms with van der Waals surface area (Å²) in [5, 5.41) is 9.73. The Balaban J connectivity index is 1.20. The van der Waals surface area contributed by atoms with Crippen LogP contribution in [0.2, 0.25) is 0 Å². The number of thiophene rings is 1. The Morgan fingerprint density at radius 3 is 1.92 bits per heavy atom. The van der Waals surface area contributed by atoms with Crippen molar-refractivity contribution in [2.45, 2.75) is 0 Å². The number of hydrogen-bond donors (Lipinski definition) is 0. The van der Waals surface area contributed by atoms with Crippen LogP contribution in [-0.2, 0) is 0 Å². The van der Waals surface area contributed by atoms with E-state index >= 15 is 0 Å². The maximum Gasteiger partial charge on any atom is 0.159 e. The molecule has 0 aliphatic heterocycles. The van der Waals surface area contributed by atoms with Crippen molar-refractivity contribution in [1.29, 1.82) is 0 Å². The largest absolute Gasteiger partial charge is 0.454 e. The molecule has 0 saturated heterocycles. The molecule has 0 aliphatic carbocycles. The first-order chi connectivity index (χ1) is 26.2. The predicted octanol–water partition coefficient (Wildman–Crippen LogP) is 15.1. The molecule has 0 aliphatic rings. The zero-order valence-electron chi connectivity index (χ0n) is 28.7. The summed E-state index contributed by atoms with van der Waals surface area (Å²) in [4.78, 5) is 2.39. The lowest BCUT2D eigenvalue weighted by Gasteiger charge is -2.27. The molecule has 248 valence electrons. The lowest BCUT2D eigenvalue weighted by molar-refractivity contribution is 0.669. The SMILES string of the molecule is c1ccc(-c2cc(-c3ccc4c(c3)sc3ccccc34)cc(N(c3ccc4ccc5ccccc5c4c3)c3cccc4c3oc3ccccc34)c2)cc1. The zero-order chi connectivity index (χ0) is 34.9. The Morgan fingerprint density at radius 1 is 0.358 bits per heavy atom. The fourth-order valence-corrected chi connectivity index (χ4v) is 9.22. The number of furan rings is 1. The van der Waals surface area contributed by atoms with Crippen LogP contribution in [0, 0.1) is 0 Å². The van der Waals surface area contributed by atoms with Crippen LogP contribution < -0.4 is 4.90 Å². The highest BCUT2D eigenvalue weighted by Crippen LogP contribution is 2.46. The number of hydrogen-bond acceptors (Lipinski definition) is 3. The summed E-state index contributed by atoms with van der Waals surface area (Å²) in [6, 6.07) is 68.1. The van der Waals surface area contributed by atoms with Gasteiger partial charge in [0.15, 0.2) is 5.58 Å². The maximum absolute atomic E-state index is 6.73. The van der Waals surface area contributed by atoms with E-state index in [1.165, 1.54) is 52.8 Å². The Hall–Kier alpha value is -6.68. The second-order valence-electron chi connectivity index (χ2n) is 13.7. The van der Waals surface area contributed by atoms with Gasteiger partial charge in [-0.25, -0.2) is 0 Å². The molecule has 2 aromatic heterocycles. The van der Waals surface area contributed by atoms with Crippen molar-refractivity contribution in [2.24, 2.45) is 0 Å². The molecule has 0 atom stereocenters. The lowest BCUT2D eigenvalue weighted by Crippen LogP contribution is -2.10. The van der Waals surface area contributed by atoms with Gasteiger partial charge in [0, 0.05) is 42.3 Å². The third-order valence-corrected chi connectivity index (χ3v) is 11.7. The maximum atomic E-state index is 6.73. The van der Waals surface area contributed by atoms with E-state index in [-0.39, 0.29) is 0 Å². The third kappa shape index (κ3) is 4.93. The number of nitrogens with zero attached hydrogens (tertiary/aromatic N) is 1. The fraction of sp³-hybridized carbons (Fsp3) is 0. The van der Waals surface area contributed by atoms with Crippen LogP contribution in [0.4, 0.5) is 17.1 Å². The Bertz CT molecular complexity index is 3190. The Morgan fingerprint density at radius 2 is 1.04 bits per heavy atom. The van der Waals surface area contributed by atoms with Crippen LogP contribution in [0.25, 0.3) is 85.9 Å². The van der Waals surface area contributed by atoms with E-state index in [1.54, 1.807) is 0 Å². The summed E-state index contributed by atoms with van der Waals surface area (Å²) < 4.78 is 9.34. The summed E-state index contributed by atoms with van der Waals surface area (Å²) in [5.74, 6) is 0. The van der Waals surface area contributed by atoms with Crippen molar-refractivity contribution < 1.29 is 4.42 Å². The smallest absolute Gasteiger partial charge is 0.159 e. The van der Waals surface area contributed by atoms with Crippen molar-refractivity contribution in [2.75, 3.05) is 4.90 Å². The average molecular weight is 694 g/mol. The summed E-state index contributed by atoms with van der Waals surface area (Å²) in [5.41, 5.74) is 9.55. The van der Waals surface area contributed by atoms with Crippen LogP contribution >= 0.6 is 11.3 Å². The van der Waals surface area contributed by atoms with Gasteiger partial charge in [0.25, 0.3) is 0 Å². The van der Waals surface area contributed by atoms with E-state index in [9.17, 15) is 0 Å². The zero-order valence-corrected chi connectivity index (χ0v) is 29.5. The quantitative estimate of drug-likeness (QED) is 0.167. The molecular weight excluding hydrogens is 663 g/mol. The summed E-state index contributed by atoms with van der Waals surface area (Å²) in [7, 11) is 0. The molecule has 0 fully saturated rings. The number of fused-ring (bicyclic) bond motifs is 9. The van der Waals surface area contributed by atoms with Crippen molar-refractivity contribution in [3.63, 3.8) is 0 Å². The molecule has 53 heavy (non-hydrogen) atoms. The second kappa shape index (κ2) is 11.9. The van der Waals surface area contributed by atoms with Crippen molar-refractivity contribution in [1.82, 2.24) is 0 Å². The van der Waals surface area contributed by atoms with Gasteiger partial charge in [0.05, 0.1) is 5.69 Å². The van der Waals surface area contributed by atoms with Crippen LogP contribution in [0.1, 0.15) is 0 Å². The van der Waals surface area contributed by atoms with Gasteiger partial charge >= 0.3 is 0 Å². The fourth-order valence-electron chi connectivity index (χ4n) is 8.07. The first kappa shape index (κ1) is 30.0. The van der Waals surface area contributed by atoms with Crippen molar-refractivity contribution in [3.8, 4) is 22.3 Å². The van der Waals surface area contributed by atoms with E-state index < -0.39 is 0 Å². The summed E-state index contributed by atoms with van der Waals surface area (Å²) >= 11 is 1.86. The highest BCUT2D eigenvalue weighted by Gasteiger charge is 2.22. The third-order valence-electron chi connectivity index (χ3n) is 10.6. The van der Waals surface area contributed by atoms with Gasteiger partial charge in [0.1, 0.15) is 5.58 Å². The number of benzene rings is 9. The van der Waals surface area contributed by atoms with E-state index in [1.807, 2.05) is 17.4 Å². The number of para-hydroxylation sites is 2. The molecule has 9 aromatic carbocycles. The minimum absolute atomic E-state index is 0.866.